The topological polar surface area (TPSA) is 46.2 Å². The third-order valence-corrected chi connectivity index (χ3v) is 4.29. The van der Waals surface area contributed by atoms with Crippen LogP contribution in [0.4, 0.5) is 0 Å². The standard InChI is InChI=1S/C14H21NO2S/c1-3-4-8-11-15-18(16,17)12-13(2)14-9-6-5-7-10-14/h3-7,9-10,13,15H,8,11-12H2,1-2H3/b4-3+. The van der Waals surface area contributed by atoms with E-state index in [0.717, 1.165) is 12.0 Å². The maximum absolute atomic E-state index is 11.8. The van der Waals surface area contributed by atoms with Crippen molar-refractivity contribution in [1.82, 2.24) is 4.72 Å². The summed E-state index contributed by atoms with van der Waals surface area (Å²) in [7, 11) is -3.19. The lowest BCUT2D eigenvalue weighted by atomic mass is 10.0. The van der Waals surface area contributed by atoms with Crippen molar-refractivity contribution >= 4 is 10.0 Å². The summed E-state index contributed by atoms with van der Waals surface area (Å²) < 4.78 is 26.3. The SMILES string of the molecule is C/C=C/CCNS(=O)(=O)CC(C)c1ccccc1. The molecule has 1 aromatic rings. The van der Waals surface area contributed by atoms with Gasteiger partial charge in [0.2, 0.25) is 10.0 Å². The predicted octanol–water partition coefficient (Wildman–Crippen LogP) is 2.68. The summed E-state index contributed by atoms with van der Waals surface area (Å²) in [6, 6.07) is 9.70. The van der Waals surface area contributed by atoms with Gasteiger partial charge in [-0.3, -0.25) is 0 Å². The van der Waals surface area contributed by atoms with Crippen LogP contribution >= 0.6 is 0 Å². The predicted molar refractivity (Wildman–Crippen MR) is 76.1 cm³/mol. The van der Waals surface area contributed by atoms with E-state index < -0.39 is 10.0 Å². The number of hydrogen-bond acceptors (Lipinski definition) is 2. The zero-order valence-electron chi connectivity index (χ0n) is 11.0. The van der Waals surface area contributed by atoms with Crippen molar-refractivity contribution in [2.24, 2.45) is 0 Å². The molecule has 0 radical (unpaired) electrons. The van der Waals surface area contributed by atoms with Gasteiger partial charge in [-0.25, -0.2) is 13.1 Å². The van der Waals surface area contributed by atoms with Crippen molar-refractivity contribution in [3.63, 3.8) is 0 Å². The van der Waals surface area contributed by atoms with Crippen LogP contribution in [0, 0.1) is 0 Å². The Morgan fingerprint density at radius 3 is 2.56 bits per heavy atom. The number of hydrogen-bond donors (Lipinski definition) is 1. The lowest BCUT2D eigenvalue weighted by molar-refractivity contribution is 0.576. The smallest absolute Gasteiger partial charge is 0.212 e. The van der Waals surface area contributed by atoms with Crippen LogP contribution in [0.5, 0.6) is 0 Å². The van der Waals surface area contributed by atoms with Gasteiger partial charge in [-0.15, -0.1) is 0 Å². The molecule has 0 aliphatic rings. The zero-order valence-corrected chi connectivity index (χ0v) is 11.8. The van der Waals surface area contributed by atoms with Crippen molar-refractivity contribution in [3.8, 4) is 0 Å². The van der Waals surface area contributed by atoms with E-state index in [9.17, 15) is 8.42 Å². The van der Waals surface area contributed by atoms with Crippen LogP contribution in [-0.4, -0.2) is 20.7 Å². The maximum Gasteiger partial charge on any atom is 0.212 e. The highest BCUT2D eigenvalue weighted by atomic mass is 32.2. The molecule has 3 nitrogen and oxygen atoms in total. The summed E-state index contributed by atoms with van der Waals surface area (Å²) in [6.07, 6.45) is 4.60. The highest BCUT2D eigenvalue weighted by molar-refractivity contribution is 7.89. The van der Waals surface area contributed by atoms with E-state index in [1.807, 2.05) is 56.3 Å². The molecule has 0 saturated carbocycles. The molecule has 1 N–H and O–H groups in total. The summed E-state index contributed by atoms with van der Waals surface area (Å²) in [6.45, 7) is 4.32. The summed E-state index contributed by atoms with van der Waals surface area (Å²) in [4.78, 5) is 0. The summed E-state index contributed by atoms with van der Waals surface area (Å²) >= 11 is 0. The summed E-state index contributed by atoms with van der Waals surface area (Å²) in [5, 5.41) is 0. The first kappa shape index (κ1) is 14.9. The highest BCUT2D eigenvalue weighted by Gasteiger charge is 2.15. The molecule has 0 heterocycles. The fourth-order valence-corrected chi connectivity index (χ4v) is 3.13. The summed E-state index contributed by atoms with van der Waals surface area (Å²) in [5.41, 5.74) is 1.05. The van der Waals surface area contributed by atoms with Crippen molar-refractivity contribution in [1.29, 1.82) is 0 Å². The largest absolute Gasteiger partial charge is 0.215 e. The molecule has 0 aromatic heterocycles. The number of rotatable bonds is 7. The summed E-state index contributed by atoms with van der Waals surface area (Å²) in [5.74, 6) is 0.137. The van der Waals surface area contributed by atoms with Gasteiger partial charge in [-0.05, 0) is 24.8 Å². The average molecular weight is 267 g/mol. The van der Waals surface area contributed by atoms with E-state index in [1.165, 1.54) is 0 Å². The van der Waals surface area contributed by atoms with Gasteiger partial charge in [0.15, 0.2) is 0 Å². The molecule has 100 valence electrons. The second kappa shape index (κ2) is 7.34. The van der Waals surface area contributed by atoms with Crippen molar-refractivity contribution in [2.75, 3.05) is 12.3 Å². The molecule has 0 bridgehead atoms. The molecular formula is C14H21NO2S. The molecule has 18 heavy (non-hydrogen) atoms. The maximum atomic E-state index is 11.8. The average Bonchev–Trinajstić information content (AvgIpc) is 2.35. The van der Waals surface area contributed by atoms with E-state index in [1.54, 1.807) is 0 Å². The van der Waals surface area contributed by atoms with E-state index in [2.05, 4.69) is 4.72 Å². The number of nitrogens with one attached hydrogen (secondary N) is 1. The van der Waals surface area contributed by atoms with Crippen LogP contribution in [0.25, 0.3) is 0 Å². The Bertz CT molecular complexity index is 466. The molecule has 0 spiro atoms. The first-order chi connectivity index (χ1) is 8.55. The molecular weight excluding hydrogens is 246 g/mol. The molecule has 1 rings (SSSR count). The van der Waals surface area contributed by atoms with Crippen molar-refractivity contribution < 1.29 is 8.42 Å². The van der Waals surface area contributed by atoms with Crippen LogP contribution in [0.15, 0.2) is 42.5 Å². The zero-order chi connectivity index (χ0) is 13.4. The molecule has 1 atom stereocenters. The van der Waals surface area contributed by atoms with Crippen LogP contribution in [0.3, 0.4) is 0 Å². The Hall–Kier alpha value is -1.13. The number of allylic oxidation sites excluding steroid dienone is 1. The Balaban J connectivity index is 2.50. The van der Waals surface area contributed by atoms with Gasteiger partial charge in [-0.2, -0.15) is 0 Å². The molecule has 0 saturated heterocycles. The fraction of sp³-hybridized carbons (Fsp3) is 0.429. The molecule has 1 aromatic carbocycles. The Labute approximate surface area is 110 Å². The van der Waals surface area contributed by atoms with Gasteiger partial charge >= 0.3 is 0 Å². The molecule has 0 amide bonds. The second-order valence-electron chi connectivity index (χ2n) is 4.35. The van der Waals surface area contributed by atoms with Gasteiger partial charge in [0.25, 0.3) is 0 Å². The van der Waals surface area contributed by atoms with Gasteiger partial charge in [-0.1, -0.05) is 49.4 Å². The fourth-order valence-electron chi connectivity index (χ4n) is 1.73. The van der Waals surface area contributed by atoms with Crippen LogP contribution in [0.2, 0.25) is 0 Å². The number of benzene rings is 1. The first-order valence-corrected chi connectivity index (χ1v) is 7.84. The van der Waals surface area contributed by atoms with E-state index in [-0.39, 0.29) is 11.7 Å². The van der Waals surface area contributed by atoms with Crippen molar-refractivity contribution in [3.05, 3.63) is 48.0 Å². The Morgan fingerprint density at radius 1 is 1.28 bits per heavy atom. The lowest BCUT2D eigenvalue weighted by Crippen LogP contribution is -2.29. The molecule has 1 unspecified atom stereocenters. The minimum atomic E-state index is -3.19. The van der Waals surface area contributed by atoms with Crippen LogP contribution < -0.4 is 4.72 Å². The Morgan fingerprint density at radius 2 is 1.94 bits per heavy atom. The van der Waals surface area contributed by atoms with E-state index in [4.69, 9.17) is 0 Å². The Kier molecular flexibility index (Phi) is 6.09. The van der Waals surface area contributed by atoms with Crippen LogP contribution in [-0.2, 0) is 10.0 Å². The third-order valence-electron chi connectivity index (χ3n) is 2.71. The van der Waals surface area contributed by atoms with Gasteiger partial charge in [0.05, 0.1) is 5.75 Å². The highest BCUT2D eigenvalue weighted by Crippen LogP contribution is 2.16. The molecule has 4 heteroatoms. The van der Waals surface area contributed by atoms with Gasteiger partial charge < -0.3 is 0 Å². The quantitative estimate of drug-likeness (QED) is 0.610. The lowest BCUT2D eigenvalue weighted by Gasteiger charge is -2.12. The van der Waals surface area contributed by atoms with Crippen molar-refractivity contribution in [2.45, 2.75) is 26.2 Å². The molecule has 0 aliphatic carbocycles. The van der Waals surface area contributed by atoms with Gasteiger partial charge in [0, 0.05) is 6.54 Å². The first-order valence-electron chi connectivity index (χ1n) is 6.18. The normalized spacial score (nSPS) is 13.9. The molecule has 0 fully saturated rings. The third kappa shape index (κ3) is 5.47. The van der Waals surface area contributed by atoms with E-state index >= 15 is 0 Å². The van der Waals surface area contributed by atoms with Crippen LogP contribution in [0.1, 0.15) is 31.7 Å². The molecule has 0 aliphatic heterocycles. The second-order valence-corrected chi connectivity index (χ2v) is 6.20. The minimum absolute atomic E-state index is 0.00502. The number of sulfonamides is 1. The van der Waals surface area contributed by atoms with Gasteiger partial charge in [0.1, 0.15) is 0 Å². The minimum Gasteiger partial charge on any atom is -0.215 e. The monoisotopic (exact) mass is 267 g/mol. The van der Waals surface area contributed by atoms with E-state index in [0.29, 0.717) is 6.54 Å².